The topological polar surface area (TPSA) is 98.9 Å². The van der Waals surface area contributed by atoms with Gasteiger partial charge in [-0.1, -0.05) is 0 Å². The molecule has 0 radical (unpaired) electrons. The monoisotopic (exact) mass is 233 g/mol. The van der Waals surface area contributed by atoms with Crippen molar-refractivity contribution in [2.75, 3.05) is 6.54 Å². The van der Waals surface area contributed by atoms with Gasteiger partial charge in [0.25, 0.3) is 0 Å². The lowest BCUT2D eigenvalue weighted by Crippen LogP contribution is -2.37. The van der Waals surface area contributed by atoms with Crippen molar-refractivity contribution in [2.45, 2.75) is 45.3 Å². The van der Waals surface area contributed by atoms with Crippen molar-refractivity contribution in [3.05, 3.63) is 0 Å². The molecule has 0 fully saturated rings. The molecule has 6 nitrogen and oxygen atoms in total. The molecule has 0 aliphatic rings. The van der Waals surface area contributed by atoms with Gasteiger partial charge in [0.1, 0.15) is 5.60 Å². The number of rotatable bonds is 3. The Morgan fingerprint density at radius 2 is 1.75 bits per heavy atom. The van der Waals surface area contributed by atoms with Crippen molar-refractivity contribution in [3.8, 4) is 0 Å². The Labute approximate surface area is 94.7 Å². The van der Waals surface area contributed by atoms with E-state index in [9.17, 15) is 14.7 Å². The zero-order chi connectivity index (χ0) is 13.0. The Bertz CT molecular complexity index is 267. The van der Waals surface area contributed by atoms with Gasteiger partial charge in [-0.15, -0.1) is 0 Å². The van der Waals surface area contributed by atoms with Gasteiger partial charge in [0.15, 0.2) is 0 Å². The van der Waals surface area contributed by atoms with Gasteiger partial charge < -0.3 is 20.3 Å². The minimum Gasteiger partial charge on any atom is -0.428 e. The standard InChI is InChI=1S/C10H19NO5/c1-9(2,3)16-8(13)15-7(12)5-10(4,14)6-11/h14H,5-6,11H2,1-4H3. The zero-order valence-corrected chi connectivity index (χ0v) is 10.1. The second-order valence-electron chi connectivity index (χ2n) is 4.82. The van der Waals surface area contributed by atoms with Crippen LogP contribution in [0.25, 0.3) is 0 Å². The summed E-state index contributed by atoms with van der Waals surface area (Å²) in [6.45, 7) is 6.22. The van der Waals surface area contributed by atoms with E-state index in [0.717, 1.165) is 0 Å². The summed E-state index contributed by atoms with van der Waals surface area (Å²) >= 11 is 0. The molecule has 0 saturated heterocycles. The first kappa shape index (κ1) is 14.9. The normalized spacial score (nSPS) is 15.1. The quantitative estimate of drug-likeness (QED) is 0.546. The van der Waals surface area contributed by atoms with Crippen LogP contribution in [0.4, 0.5) is 4.79 Å². The molecule has 94 valence electrons. The number of esters is 1. The first-order chi connectivity index (χ1) is 7.06. The third-order valence-corrected chi connectivity index (χ3v) is 1.55. The maximum absolute atomic E-state index is 11.2. The van der Waals surface area contributed by atoms with E-state index >= 15 is 0 Å². The molecule has 16 heavy (non-hydrogen) atoms. The molecule has 0 rings (SSSR count). The van der Waals surface area contributed by atoms with Gasteiger partial charge in [0.05, 0.1) is 12.0 Å². The summed E-state index contributed by atoms with van der Waals surface area (Å²) in [4.78, 5) is 22.2. The molecule has 0 amide bonds. The third-order valence-electron chi connectivity index (χ3n) is 1.55. The lowest BCUT2D eigenvalue weighted by molar-refractivity contribution is -0.145. The Morgan fingerprint density at radius 1 is 1.25 bits per heavy atom. The maximum atomic E-state index is 11.2. The lowest BCUT2D eigenvalue weighted by Gasteiger charge is -2.21. The lowest BCUT2D eigenvalue weighted by atomic mass is 10.0. The number of hydrogen-bond donors (Lipinski definition) is 2. The Morgan fingerprint density at radius 3 is 2.12 bits per heavy atom. The van der Waals surface area contributed by atoms with E-state index in [1.165, 1.54) is 6.92 Å². The zero-order valence-electron chi connectivity index (χ0n) is 10.1. The molecule has 3 N–H and O–H groups in total. The third kappa shape index (κ3) is 7.19. The van der Waals surface area contributed by atoms with E-state index in [1.54, 1.807) is 20.8 Å². The molecule has 0 saturated carbocycles. The van der Waals surface area contributed by atoms with E-state index in [-0.39, 0.29) is 13.0 Å². The van der Waals surface area contributed by atoms with Crippen molar-refractivity contribution >= 4 is 12.1 Å². The summed E-state index contributed by atoms with van der Waals surface area (Å²) in [5, 5.41) is 9.46. The molecular weight excluding hydrogens is 214 g/mol. The molecule has 1 unspecified atom stereocenters. The van der Waals surface area contributed by atoms with Crippen molar-refractivity contribution in [1.29, 1.82) is 0 Å². The highest BCUT2D eigenvalue weighted by Crippen LogP contribution is 2.11. The van der Waals surface area contributed by atoms with Crippen LogP contribution in [0.5, 0.6) is 0 Å². The Balaban J connectivity index is 4.12. The van der Waals surface area contributed by atoms with Crippen LogP contribution in [0.2, 0.25) is 0 Å². The first-order valence-electron chi connectivity index (χ1n) is 4.92. The highest BCUT2D eigenvalue weighted by Gasteiger charge is 2.26. The van der Waals surface area contributed by atoms with E-state index in [4.69, 9.17) is 10.5 Å². The molecule has 0 aliphatic carbocycles. The number of carbonyl (C=O) groups excluding carboxylic acids is 2. The van der Waals surface area contributed by atoms with Crippen LogP contribution in [-0.2, 0) is 14.3 Å². The average molecular weight is 233 g/mol. The molecule has 0 aromatic heterocycles. The van der Waals surface area contributed by atoms with Gasteiger partial charge >= 0.3 is 12.1 Å². The molecule has 1 atom stereocenters. The summed E-state index contributed by atoms with van der Waals surface area (Å²) in [7, 11) is 0. The van der Waals surface area contributed by atoms with E-state index in [1.807, 2.05) is 0 Å². The molecule has 6 heteroatoms. The summed E-state index contributed by atoms with van der Waals surface area (Å²) < 4.78 is 9.11. The van der Waals surface area contributed by atoms with Crippen molar-refractivity contribution in [3.63, 3.8) is 0 Å². The second-order valence-corrected chi connectivity index (χ2v) is 4.82. The number of nitrogens with two attached hydrogens (primary N) is 1. The molecular formula is C10H19NO5. The predicted octanol–water partition coefficient (Wildman–Crippen LogP) is 0.564. The number of hydrogen-bond acceptors (Lipinski definition) is 6. The smallest absolute Gasteiger partial charge is 0.428 e. The molecule has 0 spiro atoms. The van der Waals surface area contributed by atoms with Gasteiger partial charge in [0, 0.05) is 6.54 Å². The van der Waals surface area contributed by atoms with Crippen LogP contribution in [0, 0.1) is 0 Å². The number of ether oxygens (including phenoxy) is 2. The van der Waals surface area contributed by atoms with Crippen LogP contribution >= 0.6 is 0 Å². The van der Waals surface area contributed by atoms with Gasteiger partial charge in [0.2, 0.25) is 0 Å². The molecule has 0 aromatic carbocycles. The summed E-state index contributed by atoms with van der Waals surface area (Å²) in [5.74, 6) is -0.871. The summed E-state index contributed by atoms with van der Waals surface area (Å²) in [6, 6.07) is 0. The minimum atomic E-state index is -1.38. The van der Waals surface area contributed by atoms with E-state index < -0.39 is 23.3 Å². The largest absolute Gasteiger partial charge is 0.516 e. The Kier molecular flexibility index (Phi) is 4.89. The minimum absolute atomic E-state index is 0.101. The van der Waals surface area contributed by atoms with Crippen LogP contribution in [0.3, 0.4) is 0 Å². The fourth-order valence-corrected chi connectivity index (χ4v) is 0.783. The fraction of sp³-hybridized carbons (Fsp3) is 0.800. The van der Waals surface area contributed by atoms with Crippen LogP contribution in [0.15, 0.2) is 0 Å². The van der Waals surface area contributed by atoms with E-state index in [0.29, 0.717) is 0 Å². The van der Waals surface area contributed by atoms with Gasteiger partial charge in [-0.3, -0.25) is 4.79 Å². The van der Waals surface area contributed by atoms with Crippen molar-refractivity contribution in [1.82, 2.24) is 0 Å². The van der Waals surface area contributed by atoms with E-state index in [2.05, 4.69) is 4.74 Å². The van der Waals surface area contributed by atoms with Crippen molar-refractivity contribution in [2.24, 2.45) is 5.73 Å². The highest BCUT2D eigenvalue weighted by molar-refractivity contribution is 5.82. The predicted molar refractivity (Wildman–Crippen MR) is 56.6 cm³/mol. The Hall–Kier alpha value is -1.14. The van der Waals surface area contributed by atoms with Crippen molar-refractivity contribution < 1.29 is 24.2 Å². The summed E-state index contributed by atoms with van der Waals surface area (Å²) in [6.07, 6.45) is -1.44. The highest BCUT2D eigenvalue weighted by atomic mass is 16.7. The van der Waals surface area contributed by atoms with Gasteiger partial charge in [-0.2, -0.15) is 0 Å². The number of aliphatic hydroxyl groups is 1. The molecule has 0 bridgehead atoms. The molecule has 0 aliphatic heterocycles. The van der Waals surface area contributed by atoms with Gasteiger partial charge in [-0.25, -0.2) is 4.79 Å². The number of carbonyl (C=O) groups is 2. The van der Waals surface area contributed by atoms with Crippen LogP contribution < -0.4 is 5.73 Å². The summed E-state index contributed by atoms with van der Waals surface area (Å²) in [5.41, 5.74) is 3.11. The van der Waals surface area contributed by atoms with Gasteiger partial charge in [-0.05, 0) is 27.7 Å². The maximum Gasteiger partial charge on any atom is 0.516 e. The fourth-order valence-electron chi connectivity index (χ4n) is 0.783. The molecule has 0 aromatic rings. The first-order valence-corrected chi connectivity index (χ1v) is 4.92. The SMILES string of the molecule is CC(O)(CN)CC(=O)OC(=O)OC(C)(C)C. The average Bonchev–Trinajstić information content (AvgIpc) is 1.98. The van der Waals surface area contributed by atoms with Crippen LogP contribution in [-0.4, -0.2) is 35.0 Å². The molecule has 0 heterocycles. The van der Waals surface area contributed by atoms with Crippen LogP contribution in [0.1, 0.15) is 34.1 Å². The second kappa shape index (κ2) is 5.27.